The highest BCUT2D eigenvalue weighted by molar-refractivity contribution is 7.80. The highest BCUT2D eigenvalue weighted by Gasteiger charge is 2.19. The first-order chi connectivity index (χ1) is 9.73. The monoisotopic (exact) mass is 309 g/mol. The smallest absolute Gasteiger partial charge is 0.238 e. The summed E-state index contributed by atoms with van der Waals surface area (Å²) in [5.41, 5.74) is 6.05. The highest BCUT2D eigenvalue weighted by atomic mass is 32.1. The molecule has 1 aromatic rings. The van der Waals surface area contributed by atoms with E-state index >= 15 is 0 Å². The molecule has 0 aliphatic carbocycles. The number of carbonyl (C=O) groups excluding carboxylic acids is 1. The van der Waals surface area contributed by atoms with E-state index in [0.717, 1.165) is 0 Å². The van der Waals surface area contributed by atoms with E-state index in [0.29, 0.717) is 24.3 Å². The second kappa shape index (κ2) is 7.49. The fourth-order valence-corrected chi connectivity index (χ4v) is 2.20. The molecule has 1 aromatic carbocycles. The molecule has 116 valence electrons. The number of amides is 1. The molecule has 0 aliphatic heterocycles. The molecule has 0 aliphatic rings. The molecule has 1 amide bonds. The van der Waals surface area contributed by atoms with Gasteiger partial charge in [0.1, 0.15) is 4.99 Å². The van der Waals surface area contributed by atoms with Gasteiger partial charge in [-0.25, -0.2) is 0 Å². The Hall–Kier alpha value is -1.50. The van der Waals surface area contributed by atoms with Gasteiger partial charge in [-0.05, 0) is 32.5 Å². The van der Waals surface area contributed by atoms with E-state index in [1.807, 2.05) is 24.0 Å². The molecule has 0 bridgehead atoms. The van der Waals surface area contributed by atoms with Crippen molar-refractivity contribution < 1.29 is 9.90 Å². The first-order valence-electron chi connectivity index (χ1n) is 6.86. The van der Waals surface area contributed by atoms with Crippen LogP contribution in [0.3, 0.4) is 0 Å². The van der Waals surface area contributed by atoms with Crippen LogP contribution in [0, 0.1) is 0 Å². The Morgan fingerprint density at radius 1 is 1.43 bits per heavy atom. The first kappa shape index (κ1) is 17.6. The minimum atomic E-state index is -0.840. The van der Waals surface area contributed by atoms with E-state index in [2.05, 4.69) is 5.32 Å². The first-order valence-corrected chi connectivity index (χ1v) is 7.27. The Labute approximate surface area is 131 Å². The van der Waals surface area contributed by atoms with E-state index in [-0.39, 0.29) is 17.4 Å². The molecule has 0 spiro atoms. The van der Waals surface area contributed by atoms with Crippen molar-refractivity contribution in [2.24, 2.45) is 5.73 Å². The largest absolute Gasteiger partial charge is 0.389 e. The maximum Gasteiger partial charge on any atom is 0.238 e. The van der Waals surface area contributed by atoms with Gasteiger partial charge in [0, 0.05) is 12.1 Å². The van der Waals surface area contributed by atoms with E-state index in [9.17, 15) is 9.90 Å². The summed E-state index contributed by atoms with van der Waals surface area (Å²) in [4.78, 5) is 14.2. The number of thiocarbonyl (C=S) groups is 1. The zero-order valence-corrected chi connectivity index (χ0v) is 13.5. The van der Waals surface area contributed by atoms with Gasteiger partial charge in [-0.3, -0.25) is 9.69 Å². The Bertz CT molecular complexity index is 512. The number of carbonyl (C=O) groups is 1. The Morgan fingerprint density at radius 3 is 2.57 bits per heavy atom. The van der Waals surface area contributed by atoms with E-state index in [1.165, 1.54) is 0 Å². The summed E-state index contributed by atoms with van der Waals surface area (Å²) in [7, 11) is 0. The molecule has 0 aromatic heterocycles. The van der Waals surface area contributed by atoms with Crippen molar-refractivity contribution in [3.8, 4) is 0 Å². The Morgan fingerprint density at radius 2 is 2.05 bits per heavy atom. The van der Waals surface area contributed by atoms with Crippen molar-refractivity contribution in [2.75, 3.05) is 25.0 Å². The zero-order chi connectivity index (χ0) is 16.0. The quantitative estimate of drug-likeness (QED) is 0.663. The Balaban J connectivity index is 2.71. The minimum absolute atomic E-state index is 0.162. The number of para-hydroxylation sites is 1. The molecule has 0 saturated carbocycles. The van der Waals surface area contributed by atoms with Crippen LogP contribution in [0.1, 0.15) is 26.3 Å². The average Bonchev–Trinajstić information content (AvgIpc) is 2.36. The molecule has 21 heavy (non-hydrogen) atoms. The van der Waals surface area contributed by atoms with Crippen molar-refractivity contribution >= 4 is 28.8 Å². The number of nitrogens with one attached hydrogen (secondary N) is 1. The SMILES string of the molecule is CCN(CC(=O)Nc1ccccc1C(N)=S)CC(C)(C)O. The molecule has 4 N–H and O–H groups in total. The molecule has 0 saturated heterocycles. The van der Waals surface area contributed by atoms with Crippen LogP contribution in [-0.4, -0.2) is 46.1 Å². The molecule has 1 rings (SSSR count). The van der Waals surface area contributed by atoms with Crippen LogP contribution in [0.4, 0.5) is 5.69 Å². The summed E-state index contributed by atoms with van der Waals surface area (Å²) in [6, 6.07) is 7.16. The lowest BCUT2D eigenvalue weighted by Crippen LogP contribution is -2.42. The summed E-state index contributed by atoms with van der Waals surface area (Å²) in [5.74, 6) is -0.162. The number of rotatable bonds is 7. The predicted molar refractivity (Wildman–Crippen MR) is 89.4 cm³/mol. The molecular formula is C15H23N3O2S. The third-order valence-corrected chi connectivity index (χ3v) is 3.11. The number of likely N-dealkylation sites (N-methyl/N-ethyl adjacent to an activating group) is 1. The fourth-order valence-electron chi connectivity index (χ4n) is 2.03. The number of hydrogen-bond donors (Lipinski definition) is 3. The van der Waals surface area contributed by atoms with Gasteiger partial charge in [0.05, 0.1) is 17.8 Å². The van der Waals surface area contributed by atoms with Crippen LogP contribution in [0.2, 0.25) is 0 Å². The fraction of sp³-hybridized carbons (Fsp3) is 0.467. The number of benzene rings is 1. The van der Waals surface area contributed by atoms with Crippen molar-refractivity contribution in [1.82, 2.24) is 4.90 Å². The lowest BCUT2D eigenvalue weighted by Gasteiger charge is -2.27. The van der Waals surface area contributed by atoms with Crippen molar-refractivity contribution in [3.05, 3.63) is 29.8 Å². The molecule has 0 fully saturated rings. The second-order valence-corrected chi connectivity index (χ2v) is 6.01. The van der Waals surface area contributed by atoms with Crippen molar-refractivity contribution in [1.29, 1.82) is 0 Å². The second-order valence-electron chi connectivity index (χ2n) is 5.57. The number of anilines is 1. The van der Waals surface area contributed by atoms with Gasteiger partial charge in [0.25, 0.3) is 0 Å². The van der Waals surface area contributed by atoms with Gasteiger partial charge in [-0.1, -0.05) is 31.3 Å². The van der Waals surface area contributed by atoms with Crippen molar-refractivity contribution in [3.63, 3.8) is 0 Å². The summed E-state index contributed by atoms with van der Waals surface area (Å²) in [6.07, 6.45) is 0. The third-order valence-electron chi connectivity index (χ3n) is 2.89. The zero-order valence-electron chi connectivity index (χ0n) is 12.7. The summed E-state index contributed by atoms with van der Waals surface area (Å²) in [5, 5.41) is 12.6. The number of nitrogens with zero attached hydrogens (tertiary/aromatic N) is 1. The van der Waals surface area contributed by atoms with Gasteiger partial charge in [0.2, 0.25) is 5.91 Å². The molecule has 0 atom stereocenters. The normalized spacial score (nSPS) is 11.5. The number of aliphatic hydroxyl groups is 1. The third kappa shape index (κ3) is 6.20. The molecule has 5 nitrogen and oxygen atoms in total. The van der Waals surface area contributed by atoms with Gasteiger partial charge >= 0.3 is 0 Å². The molecule has 0 radical (unpaired) electrons. The van der Waals surface area contributed by atoms with Crippen LogP contribution in [0.25, 0.3) is 0 Å². The van der Waals surface area contributed by atoms with E-state index in [1.54, 1.807) is 26.0 Å². The van der Waals surface area contributed by atoms with Crippen LogP contribution < -0.4 is 11.1 Å². The Kier molecular flexibility index (Phi) is 6.26. The van der Waals surface area contributed by atoms with Gasteiger partial charge in [-0.2, -0.15) is 0 Å². The number of nitrogens with two attached hydrogens (primary N) is 1. The van der Waals surface area contributed by atoms with Gasteiger partial charge < -0.3 is 16.2 Å². The molecule has 0 unspecified atom stereocenters. The topological polar surface area (TPSA) is 78.6 Å². The molecule has 0 heterocycles. The summed E-state index contributed by atoms with van der Waals surface area (Å²) in [6.45, 7) is 6.68. The lowest BCUT2D eigenvalue weighted by atomic mass is 10.1. The van der Waals surface area contributed by atoms with E-state index < -0.39 is 5.60 Å². The summed E-state index contributed by atoms with van der Waals surface area (Å²) < 4.78 is 0. The maximum absolute atomic E-state index is 12.1. The van der Waals surface area contributed by atoms with Crippen LogP contribution in [0.5, 0.6) is 0 Å². The predicted octanol–water partition coefficient (Wildman–Crippen LogP) is 1.35. The molecular weight excluding hydrogens is 286 g/mol. The molecule has 6 heteroatoms. The maximum atomic E-state index is 12.1. The van der Waals surface area contributed by atoms with Crippen molar-refractivity contribution in [2.45, 2.75) is 26.4 Å². The lowest BCUT2D eigenvalue weighted by molar-refractivity contribution is -0.117. The average molecular weight is 309 g/mol. The van der Waals surface area contributed by atoms with Gasteiger partial charge in [-0.15, -0.1) is 0 Å². The number of hydrogen-bond acceptors (Lipinski definition) is 4. The van der Waals surface area contributed by atoms with Crippen LogP contribution >= 0.6 is 12.2 Å². The van der Waals surface area contributed by atoms with E-state index in [4.69, 9.17) is 18.0 Å². The van der Waals surface area contributed by atoms with Gasteiger partial charge in [0.15, 0.2) is 0 Å². The van der Waals surface area contributed by atoms with Crippen LogP contribution in [0.15, 0.2) is 24.3 Å². The highest BCUT2D eigenvalue weighted by Crippen LogP contribution is 2.15. The van der Waals surface area contributed by atoms with Crippen LogP contribution in [-0.2, 0) is 4.79 Å². The standard InChI is InChI=1S/C15H23N3O2S/c1-4-18(10-15(2,3)20)9-13(19)17-12-8-6-5-7-11(12)14(16)21/h5-8,20H,4,9-10H2,1-3H3,(H2,16,21)(H,17,19). The minimum Gasteiger partial charge on any atom is -0.389 e. The summed E-state index contributed by atoms with van der Waals surface area (Å²) >= 11 is 4.97.